The Balaban J connectivity index is 1.37. The molecule has 3 aromatic heterocycles. The van der Waals surface area contributed by atoms with Crippen LogP contribution in [-0.2, 0) is 4.79 Å². The normalized spacial score (nSPS) is 18.1. The van der Waals surface area contributed by atoms with Crippen LogP contribution in [0.1, 0.15) is 37.3 Å². The molecule has 0 bridgehead atoms. The van der Waals surface area contributed by atoms with Crippen LogP contribution in [0.15, 0.2) is 36.5 Å². The van der Waals surface area contributed by atoms with E-state index >= 15 is 0 Å². The summed E-state index contributed by atoms with van der Waals surface area (Å²) in [4.78, 5) is 31.5. The van der Waals surface area contributed by atoms with Gasteiger partial charge in [0.25, 0.3) is 0 Å². The number of nitrogens with one attached hydrogen (secondary N) is 1. The number of likely N-dealkylation sites (N-methyl/N-ethyl adjacent to an activating group) is 1. The van der Waals surface area contributed by atoms with Crippen molar-refractivity contribution in [1.29, 1.82) is 0 Å². The van der Waals surface area contributed by atoms with Gasteiger partial charge in [-0.25, -0.2) is 9.97 Å². The van der Waals surface area contributed by atoms with Gasteiger partial charge in [-0.3, -0.25) is 4.79 Å². The molecular formula is C25H32N6O. The lowest BCUT2D eigenvalue weighted by Crippen LogP contribution is -2.34. The number of likely N-dealkylation sites (tertiary alicyclic amines) is 2. The van der Waals surface area contributed by atoms with Gasteiger partial charge in [-0.15, -0.1) is 0 Å². The van der Waals surface area contributed by atoms with Gasteiger partial charge in [-0.05, 0) is 63.7 Å². The monoisotopic (exact) mass is 432 g/mol. The lowest BCUT2D eigenvalue weighted by molar-refractivity contribution is -0.127. The predicted octanol–water partition coefficient (Wildman–Crippen LogP) is 3.49. The molecule has 2 saturated heterocycles. The summed E-state index contributed by atoms with van der Waals surface area (Å²) in [6, 6.07) is 10.5. The van der Waals surface area contributed by atoms with Crippen LogP contribution in [0.4, 0.5) is 5.82 Å². The zero-order valence-corrected chi connectivity index (χ0v) is 19.0. The van der Waals surface area contributed by atoms with Crippen LogP contribution < -0.4 is 4.90 Å². The van der Waals surface area contributed by atoms with Gasteiger partial charge in [0.15, 0.2) is 0 Å². The van der Waals surface area contributed by atoms with Gasteiger partial charge in [-0.1, -0.05) is 6.07 Å². The van der Waals surface area contributed by atoms with E-state index in [4.69, 9.17) is 4.98 Å². The largest absolute Gasteiger partial charge is 0.358 e. The Labute approximate surface area is 189 Å². The molecule has 2 aliphatic heterocycles. The fourth-order valence-corrected chi connectivity index (χ4v) is 4.92. The minimum Gasteiger partial charge on any atom is -0.358 e. The third-order valence-corrected chi connectivity index (χ3v) is 6.99. The predicted molar refractivity (Wildman–Crippen MR) is 128 cm³/mol. The minimum absolute atomic E-state index is 0.271. The van der Waals surface area contributed by atoms with Crippen LogP contribution in [-0.4, -0.2) is 77.5 Å². The first-order chi connectivity index (χ1) is 15.6. The summed E-state index contributed by atoms with van der Waals surface area (Å²) < 4.78 is 0. The number of pyridine rings is 2. The van der Waals surface area contributed by atoms with Crippen LogP contribution in [0.25, 0.3) is 22.3 Å². The third kappa shape index (κ3) is 4.21. The Morgan fingerprint density at radius 3 is 2.81 bits per heavy atom. The average molecular weight is 433 g/mol. The first-order valence-electron chi connectivity index (χ1n) is 11.7. The van der Waals surface area contributed by atoms with E-state index in [0.717, 1.165) is 67.3 Å². The summed E-state index contributed by atoms with van der Waals surface area (Å²) in [6.07, 6.45) is 5.88. The molecule has 0 spiro atoms. The van der Waals surface area contributed by atoms with E-state index < -0.39 is 0 Å². The van der Waals surface area contributed by atoms with E-state index in [0.29, 0.717) is 12.3 Å². The van der Waals surface area contributed by atoms with Gasteiger partial charge in [0.2, 0.25) is 5.91 Å². The van der Waals surface area contributed by atoms with E-state index in [1.165, 1.54) is 18.5 Å². The van der Waals surface area contributed by atoms with E-state index in [9.17, 15) is 4.79 Å². The Hall–Kier alpha value is -2.93. The summed E-state index contributed by atoms with van der Waals surface area (Å²) in [5, 5.41) is 1.14. The molecule has 0 unspecified atom stereocenters. The number of H-pyrrole nitrogens is 1. The highest BCUT2D eigenvalue weighted by Gasteiger charge is 2.22. The number of hydrogen-bond donors (Lipinski definition) is 1. The van der Waals surface area contributed by atoms with Gasteiger partial charge in [-0.2, -0.15) is 0 Å². The van der Waals surface area contributed by atoms with Gasteiger partial charge >= 0.3 is 0 Å². The Kier molecular flexibility index (Phi) is 5.83. The van der Waals surface area contributed by atoms with Crippen molar-refractivity contribution in [3.8, 4) is 11.3 Å². The zero-order chi connectivity index (χ0) is 22.1. The highest BCUT2D eigenvalue weighted by molar-refractivity contribution is 5.92. The van der Waals surface area contributed by atoms with Crippen molar-refractivity contribution in [2.45, 2.75) is 31.6 Å². The number of nitrogens with zero attached hydrogens (tertiary/aromatic N) is 5. The molecule has 5 rings (SSSR count). The van der Waals surface area contributed by atoms with Crippen molar-refractivity contribution >= 4 is 22.8 Å². The maximum atomic E-state index is 11.9. The molecule has 1 amide bonds. The summed E-state index contributed by atoms with van der Waals surface area (Å²) in [5.41, 5.74) is 4.28. The first kappa shape index (κ1) is 20.9. The second-order valence-electron chi connectivity index (χ2n) is 9.21. The maximum absolute atomic E-state index is 11.9. The van der Waals surface area contributed by atoms with E-state index in [1.807, 2.05) is 24.2 Å². The SMILES string of the molecule is CN1CCC(c2cc3c(-c4cccc(N(C)CCN5CCCC5=O)n4)ccnc3[nH]2)CC1. The Morgan fingerprint density at radius 1 is 1.19 bits per heavy atom. The summed E-state index contributed by atoms with van der Waals surface area (Å²) in [5.74, 6) is 1.75. The van der Waals surface area contributed by atoms with Crippen LogP contribution in [0.3, 0.4) is 0 Å². The molecule has 1 N–H and O–H groups in total. The molecule has 5 heterocycles. The summed E-state index contributed by atoms with van der Waals surface area (Å²) >= 11 is 0. The van der Waals surface area contributed by atoms with Crippen molar-refractivity contribution in [3.63, 3.8) is 0 Å². The molecule has 32 heavy (non-hydrogen) atoms. The number of rotatable bonds is 6. The van der Waals surface area contributed by atoms with Crippen molar-refractivity contribution in [2.75, 3.05) is 51.7 Å². The zero-order valence-electron chi connectivity index (χ0n) is 19.0. The Morgan fingerprint density at radius 2 is 2.03 bits per heavy atom. The average Bonchev–Trinajstić information content (AvgIpc) is 3.43. The van der Waals surface area contributed by atoms with E-state index in [1.54, 1.807) is 0 Å². The van der Waals surface area contributed by atoms with Crippen LogP contribution in [0.5, 0.6) is 0 Å². The molecule has 0 aromatic carbocycles. The molecule has 2 aliphatic rings. The molecule has 168 valence electrons. The molecule has 7 nitrogen and oxygen atoms in total. The number of aromatic amines is 1. The Bertz CT molecular complexity index is 1100. The number of hydrogen-bond acceptors (Lipinski definition) is 5. The number of anilines is 1. The second-order valence-corrected chi connectivity index (χ2v) is 9.21. The third-order valence-electron chi connectivity index (χ3n) is 6.99. The highest BCUT2D eigenvalue weighted by atomic mass is 16.2. The molecule has 0 aliphatic carbocycles. The quantitative estimate of drug-likeness (QED) is 0.646. The fraction of sp³-hybridized carbons (Fsp3) is 0.480. The second kappa shape index (κ2) is 8.90. The summed E-state index contributed by atoms with van der Waals surface area (Å²) in [6.45, 7) is 4.68. The molecule has 0 radical (unpaired) electrons. The van der Waals surface area contributed by atoms with Crippen molar-refractivity contribution in [2.24, 2.45) is 0 Å². The molecule has 2 fully saturated rings. The van der Waals surface area contributed by atoms with Gasteiger partial charge in [0.05, 0.1) is 5.69 Å². The topological polar surface area (TPSA) is 68.4 Å². The number of carbonyl (C=O) groups is 1. The van der Waals surface area contributed by atoms with E-state index in [-0.39, 0.29) is 5.91 Å². The number of carbonyl (C=O) groups excluding carboxylic acids is 1. The van der Waals surface area contributed by atoms with Gasteiger partial charge < -0.3 is 19.7 Å². The van der Waals surface area contributed by atoms with Crippen LogP contribution in [0, 0.1) is 0 Å². The maximum Gasteiger partial charge on any atom is 0.222 e. The summed E-state index contributed by atoms with van der Waals surface area (Å²) in [7, 11) is 4.24. The molecule has 3 aromatic rings. The van der Waals surface area contributed by atoms with Crippen molar-refractivity contribution < 1.29 is 4.79 Å². The molecular weight excluding hydrogens is 400 g/mol. The molecule has 7 heteroatoms. The number of piperidine rings is 1. The standard InChI is InChI=1S/C25H32N6O/c1-29-13-9-18(10-14-29)22-17-20-19(8-11-26-25(20)28-22)21-5-3-6-23(27-21)30(2)15-16-31-12-4-7-24(31)32/h3,5-6,8,11,17-18H,4,7,9-10,12-16H2,1-2H3,(H,26,28). The van der Waals surface area contributed by atoms with E-state index in [2.05, 4.69) is 51.1 Å². The highest BCUT2D eigenvalue weighted by Crippen LogP contribution is 2.33. The van der Waals surface area contributed by atoms with Crippen molar-refractivity contribution in [3.05, 3.63) is 42.2 Å². The van der Waals surface area contributed by atoms with Gasteiger partial charge in [0.1, 0.15) is 11.5 Å². The van der Waals surface area contributed by atoms with Gasteiger partial charge in [0, 0.05) is 61.9 Å². The van der Waals surface area contributed by atoms with Crippen molar-refractivity contribution in [1.82, 2.24) is 24.8 Å². The van der Waals surface area contributed by atoms with Crippen LogP contribution in [0.2, 0.25) is 0 Å². The lowest BCUT2D eigenvalue weighted by Gasteiger charge is -2.28. The first-order valence-corrected chi connectivity index (χ1v) is 11.7. The number of aromatic nitrogens is 3. The lowest BCUT2D eigenvalue weighted by atomic mass is 9.93. The fourth-order valence-electron chi connectivity index (χ4n) is 4.92. The van der Waals surface area contributed by atoms with Crippen LogP contribution >= 0.6 is 0 Å². The molecule has 0 saturated carbocycles. The molecule has 0 atom stereocenters. The number of amides is 1. The number of fused-ring (bicyclic) bond motifs is 1. The smallest absolute Gasteiger partial charge is 0.222 e. The minimum atomic E-state index is 0.271.